The zero-order valence-corrected chi connectivity index (χ0v) is 14.6. The van der Waals surface area contributed by atoms with E-state index in [0.717, 1.165) is 38.3 Å². The first kappa shape index (κ1) is 17.5. The molecule has 2 aromatic rings. The number of amides is 1. The molecule has 0 bridgehead atoms. The van der Waals surface area contributed by atoms with Crippen molar-refractivity contribution in [3.05, 3.63) is 46.6 Å². The highest BCUT2D eigenvalue weighted by Crippen LogP contribution is 2.17. The van der Waals surface area contributed by atoms with Crippen molar-refractivity contribution in [3.8, 4) is 0 Å². The van der Waals surface area contributed by atoms with Crippen LogP contribution in [0.2, 0.25) is 0 Å². The molecule has 3 rings (SSSR count). The van der Waals surface area contributed by atoms with E-state index in [1.165, 1.54) is 23.2 Å². The maximum Gasteiger partial charge on any atom is 0.267 e. The fourth-order valence-electron chi connectivity index (χ4n) is 2.86. The molecule has 2 aromatic heterocycles. The Morgan fingerprint density at radius 1 is 1.44 bits per heavy atom. The molecule has 0 unspecified atom stereocenters. The summed E-state index contributed by atoms with van der Waals surface area (Å²) in [5.74, 6) is 0.128. The fourth-order valence-corrected chi connectivity index (χ4v) is 3.52. The molecule has 1 fully saturated rings. The summed E-state index contributed by atoms with van der Waals surface area (Å²) in [5, 5.41) is 16.2. The molecule has 1 saturated heterocycles. The van der Waals surface area contributed by atoms with Crippen LogP contribution in [0, 0.1) is 0 Å². The minimum absolute atomic E-state index is 0.350. The number of hydrogen-bond acceptors (Lipinski definition) is 7. The van der Waals surface area contributed by atoms with E-state index >= 15 is 0 Å². The standard InChI is InChI=1S/C17H21N5O2S/c23-17(21-24)4-3-14-8-19-16(9-18-14)20-15-2-1-6-22(11-15)10-13-5-7-25-12-13/h3-5,7-9,12,15,24H,1-2,6,10-11H2,(H,19,20)(H,21,23)/b4-3+/t15-/m1/s1. The second-order valence-corrected chi connectivity index (χ2v) is 6.77. The molecule has 1 aliphatic rings. The highest BCUT2D eigenvalue weighted by molar-refractivity contribution is 7.07. The molecule has 0 saturated carbocycles. The number of thiophene rings is 1. The summed E-state index contributed by atoms with van der Waals surface area (Å²) >= 11 is 1.74. The maximum atomic E-state index is 10.9. The number of carbonyl (C=O) groups excluding carboxylic acids is 1. The lowest BCUT2D eigenvalue weighted by molar-refractivity contribution is -0.124. The molecule has 3 N–H and O–H groups in total. The number of hydrogen-bond donors (Lipinski definition) is 3. The molecule has 132 valence electrons. The van der Waals surface area contributed by atoms with Crippen LogP contribution in [-0.2, 0) is 11.3 Å². The van der Waals surface area contributed by atoms with E-state index < -0.39 is 5.91 Å². The Kier molecular flexibility index (Phi) is 6.10. The molecule has 0 aliphatic carbocycles. The number of hydroxylamine groups is 1. The normalized spacial score (nSPS) is 18.4. The van der Waals surface area contributed by atoms with Gasteiger partial charge in [-0.2, -0.15) is 11.3 Å². The van der Waals surface area contributed by atoms with Crippen LogP contribution >= 0.6 is 11.3 Å². The van der Waals surface area contributed by atoms with Crippen molar-refractivity contribution in [2.24, 2.45) is 0 Å². The number of anilines is 1. The number of rotatable bonds is 6. The lowest BCUT2D eigenvalue weighted by Gasteiger charge is -2.33. The van der Waals surface area contributed by atoms with Crippen LogP contribution in [0.25, 0.3) is 6.08 Å². The van der Waals surface area contributed by atoms with Crippen LogP contribution in [0.1, 0.15) is 24.1 Å². The van der Waals surface area contributed by atoms with Crippen molar-refractivity contribution >= 4 is 29.1 Å². The van der Waals surface area contributed by atoms with Gasteiger partial charge in [0, 0.05) is 25.2 Å². The number of nitrogens with one attached hydrogen (secondary N) is 2. The summed E-state index contributed by atoms with van der Waals surface area (Å²) in [5.41, 5.74) is 3.45. The average molecular weight is 359 g/mol. The maximum absolute atomic E-state index is 10.9. The van der Waals surface area contributed by atoms with Gasteiger partial charge in [-0.25, -0.2) is 10.5 Å². The van der Waals surface area contributed by atoms with Crippen molar-refractivity contribution in [1.29, 1.82) is 0 Å². The SMILES string of the molecule is O=C(/C=C/c1cnc(N[C@@H]2CCCN(Cc3ccsc3)C2)cn1)NO. The van der Waals surface area contributed by atoms with Crippen LogP contribution in [0.4, 0.5) is 5.82 Å². The molecule has 0 aromatic carbocycles. The van der Waals surface area contributed by atoms with Crippen LogP contribution < -0.4 is 10.8 Å². The molecule has 0 spiro atoms. The summed E-state index contributed by atoms with van der Waals surface area (Å²) < 4.78 is 0. The van der Waals surface area contributed by atoms with E-state index in [2.05, 4.69) is 37.0 Å². The van der Waals surface area contributed by atoms with E-state index in [-0.39, 0.29) is 0 Å². The van der Waals surface area contributed by atoms with Gasteiger partial charge in [-0.15, -0.1) is 0 Å². The Morgan fingerprint density at radius 3 is 3.08 bits per heavy atom. The van der Waals surface area contributed by atoms with E-state index in [1.807, 2.05) is 0 Å². The largest absolute Gasteiger partial charge is 0.365 e. The monoisotopic (exact) mass is 359 g/mol. The summed E-state index contributed by atoms with van der Waals surface area (Å²) in [7, 11) is 0. The molecule has 0 radical (unpaired) electrons. The lowest BCUT2D eigenvalue weighted by Crippen LogP contribution is -2.41. The van der Waals surface area contributed by atoms with Gasteiger partial charge in [-0.3, -0.25) is 19.9 Å². The molecular formula is C17H21N5O2S. The molecule has 1 amide bonds. The van der Waals surface area contributed by atoms with Crippen LogP contribution in [0.3, 0.4) is 0 Å². The van der Waals surface area contributed by atoms with Crippen molar-refractivity contribution in [2.45, 2.75) is 25.4 Å². The summed E-state index contributed by atoms with van der Waals surface area (Å²) in [6, 6.07) is 2.53. The zero-order valence-electron chi connectivity index (χ0n) is 13.8. The van der Waals surface area contributed by atoms with Gasteiger partial charge < -0.3 is 5.32 Å². The van der Waals surface area contributed by atoms with Crippen molar-refractivity contribution in [3.63, 3.8) is 0 Å². The zero-order chi connectivity index (χ0) is 17.5. The van der Waals surface area contributed by atoms with Gasteiger partial charge in [0.15, 0.2) is 0 Å². The van der Waals surface area contributed by atoms with Crippen LogP contribution in [-0.4, -0.2) is 45.1 Å². The quantitative estimate of drug-likeness (QED) is 0.416. The first-order valence-electron chi connectivity index (χ1n) is 8.17. The smallest absolute Gasteiger partial charge is 0.267 e. The lowest BCUT2D eigenvalue weighted by atomic mass is 10.1. The molecule has 25 heavy (non-hydrogen) atoms. The van der Waals surface area contributed by atoms with Crippen molar-refractivity contribution < 1.29 is 10.0 Å². The fraction of sp³-hybridized carbons (Fsp3) is 0.353. The third-order valence-electron chi connectivity index (χ3n) is 4.03. The number of aromatic nitrogens is 2. The predicted octanol–water partition coefficient (Wildman–Crippen LogP) is 2.13. The number of piperidine rings is 1. The van der Waals surface area contributed by atoms with E-state index in [4.69, 9.17) is 5.21 Å². The van der Waals surface area contributed by atoms with Gasteiger partial charge in [0.25, 0.3) is 5.91 Å². The Bertz CT molecular complexity index is 702. The Labute approximate surface area is 150 Å². The minimum Gasteiger partial charge on any atom is -0.365 e. The summed E-state index contributed by atoms with van der Waals surface area (Å²) in [6.07, 6.45) is 8.21. The molecule has 1 aliphatic heterocycles. The minimum atomic E-state index is -0.600. The van der Waals surface area contributed by atoms with Crippen molar-refractivity contribution in [1.82, 2.24) is 20.3 Å². The second-order valence-electron chi connectivity index (χ2n) is 5.99. The van der Waals surface area contributed by atoms with E-state index in [1.54, 1.807) is 23.7 Å². The highest BCUT2D eigenvalue weighted by atomic mass is 32.1. The second kappa shape index (κ2) is 8.70. The van der Waals surface area contributed by atoms with Crippen LogP contribution in [0.5, 0.6) is 0 Å². The third kappa shape index (κ3) is 5.35. The number of nitrogens with zero attached hydrogens (tertiary/aromatic N) is 3. The Hall–Kier alpha value is -2.29. The molecule has 3 heterocycles. The van der Waals surface area contributed by atoms with Gasteiger partial charge in [0.1, 0.15) is 5.82 Å². The molecule has 8 heteroatoms. The molecule has 7 nitrogen and oxygen atoms in total. The summed E-state index contributed by atoms with van der Waals surface area (Å²) in [6.45, 7) is 3.09. The third-order valence-corrected chi connectivity index (χ3v) is 4.76. The van der Waals surface area contributed by atoms with E-state index in [0.29, 0.717) is 11.7 Å². The Morgan fingerprint density at radius 2 is 2.36 bits per heavy atom. The van der Waals surface area contributed by atoms with Gasteiger partial charge in [0.05, 0.1) is 18.1 Å². The molecule has 1 atom stereocenters. The van der Waals surface area contributed by atoms with Gasteiger partial charge in [0.2, 0.25) is 0 Å². The number of carbonyl (C=O) groups is 1. The van der Waals surface area contributed by atoms with Gasteiger partial charge in [-0.1, -0.05) is 0 Å². The van der Waals surface area contributed by atoms with Gasteiger partial charge in [-0.05, 0) is 47.9 Å². The van der Waals surface area contributed by atoms with Crippen LogP contribution in [0.15, 0.2) is 35.3 Å². The molecular weight excluding hydrogens is 338 g/mol. The highest BCUT2D eigenvalue weighted by Gasteiger charge is 2.20. The van der Waals surface area contributed by atoms with Crippen molar-refractivity contribution in [2.75, 3.05) is 18.4 Å². The predicted molar refractivity (Wildman–Crippen MR) is 97.2 cm³/mol. The van der Waals surface area contributed by atoms with Gasteiger partial charge >= 0.3 is 0 Å². The van der Waals surface area contributed by atoms with E-state index in [9.17, 15) is 4.79 Å². The first-order chi connectivity index (χ1) is 12.2. The summed E-state index contributed by atoms with van der Waals surface area (Å²) in [4.78, 5) is 22.0. The Balaban J connectivity index is 1.53. The number of likely N-dealkylation sites (tertiary alicyclic amines) is 1. The first-order valence-corrected chi connectivity index (χ1v) is 9.11. The topological polar surface area (TPSA) is 90.4 Å². The average Bonchev–Trinajstić information content (AvgIpc) is 3.14.